The van der Waals surface area contributed by atoms with Gasteiger partial charge in [-0.15, -0.1) is 0 Å². The summed E-state index contributed by atoms with van der Waals surface area (Å²) in [4.78, 5) is 21.8. The Kier molecular flexibility index (Phi) is 4.25. The van der Waals surface area contributed by atoms with Crippen LogP contribution in [0, 0.1) is 0 Å². The van der Waals surface area contributed by atoms with Crippen LogP contribution in [0.3, 0.4) is 0 Å². The van der Waals surface area contributed by atoms with Gasteiger partial charge in [-0.3, -0.25) is 10.1 Å². The van der Waals surface area contributed by atoms with Crippen LogP contribution in [0.2, 0.25) is 0 Å². The zero-order valence-corrected chi connectivity index (χ0v) is 12.6. The van der Waals surface area contributed by atoms with Crippen LogP contribution in [0.15, 0.2) is 24.3 Å². The molecule has 2 saturated heterocycles. The third-order valence-electron chi connectivity index (χ3n) is 4.31. The quantitative estimate of drug-likeness (QED) is 0.672. The maximum absolute atomic E-state index is 12.5. The molecule has 3 atom stereocenters. The van der Waals surface area contributed by atoms with Gasteiger partial charge in [0.25, 0.3) is 0 Å². The van der Waals surface area contributed by atoms with Crippen LogP contribution in [0.1, 0.15) is 36.0 Å². The molecule has 0 saturated carbocycles. The van der Waals surface area contributed by atoms with Gasteiger partial charge in [0.05, 0.1) is 0 Å². The Balaban J connectivity index is 1.68. The van der Waals surface area contributed by atoms with Crippen molar-refractivity contribution in [2.45, 2.75) is 49.7 Å². The van der Waals surface area contributed by atoms with Gasteiger partial charge in [-0.25, -0.2) is 4.79 Å². The SMILES string of the molecule is O=Cc1ccc(OC2CC3CCC(OC(=O)C(F)(F)F)(C2)N3)cc1. The summed E-state index contributed by atoms with van der Waals surface area (Å²) in [6.07, 6.45) is -2.99. The number of nitrogens with one attached hydrogen (secondary N) is 1. The van der Waals surface area contributed by atoms with Crippen molar-refractivity contribution in [2.24, 2.45) is 0 Å². The van der Waals surface area contributed by atoms with Gasteiger partial charge in [0.15, 0.2) is 5.72 Å². The smallest absolute Gasteiger partial charge is 0.490 e. The number of aldehydes is 1. The Labute approximate surface area is 136 Å². The van der Waals surface area contributed by atoms with Crippen molar-refractivity contribution >= 4 is 12.3 Å². The number of alkyl halides is 3. The van der Waals surface area contributed by atoms with Gasteiger partial charge in [0.2, 0.25) is 0 Å². The van der Waals surface area contributed by atoms with E-state index in [4.69, 9.17) is 9.47 Å². The molecule has 130 valence electrons. The second-order valence-corrected chi connectivity index (χ2v) is 6.13. The monoisotopic (exact) mass is 343 g/mol. The highest BCUT2D eigenvalue weighted by Crippen LogP contribution is 2.39. The Morgan fingerprint density at radius 3 is 2.62 bits per heavy atom. The molecule has 24 heavy (non-hydrogen) atoms. The molecule has 2 aliphatic heterocycles. The highest BCUT2D eigenvalue weighted by molar-refractivity contribution is 5.76. The molecule has 0 amide bonds. The first-order chi connectivity index (χ1) is 11.3. The minimum atomic E-state index is -5.02. The van der Waals surface area contributed by atoms with E-state index in [1.54, 1.807) is 24.3 Å². The van der Waals surface area contributed by atoms with Crippen molar-refractivity contribution < 1.29 is 32.2 Å². The number of piperidine rings is 1. The molecule has 0 radical (unpaired) electrons. The number of rotatable bonds is 4. The van der Waals surface area contributed by atoms with Crippen LogP contribution >= 0.6 is 0 Å². The van der Waals surface area contributed by atoms with Gasteiger partial charge in [0.1, 0.15) is 18.1 Å². The van der Waals surface area contributed by atoms with Crippen molar-refractivity contribution in [1.82, 2.24) is 5.32 Å². The zero-order valence-electron chi connectivity index (χ0n) is 12.6. The first-order valence-electron chi connectivity index (χ1n) is 7.59. The number of carbonyl (C=O) groups excluding carboxylic acids is 2. The van der Waals surface area contributed by atoms with Crippen molar-refractivity contribution in [3.05, 3.63) is 29.8 Å². The Hall–Kier alpha value is -2.09. The van der Waals surface area contributed by atoms with Crippen LogP contribution < -0.4 is 10.1 Å². The molecule has 1 aromatic carbocycles. The molecular formula is C16H16F3NO4. The van der Waals surface area contributed by atoms with Gasteiger partial charge < -0.3 is 9.47 Å². The molecular weight excluding hydrogens is 327 g/mol. The summed E-state index contributed by atoms with van der Waals surface area (Å²) in [5, 5.41) is 2.97. The normalized spacial score (nSPS) is 29.1. The largest absolute Gasteiger partial charge is 0.490 e. The van der Waals surface area contributed by atoms with Gasteiger partial charge >= 0.3 is 12.1 Å². The summed E-state index contributed by atoms with van der Waals surface area (Å²) >= 11 is 0. The average Bonchev–Trinajstić information content (AvgIpc) is 2.82. The second-order valence-electron chi connectivity index (χ2n) is 6.13. The predicted octanol–water partition coefficient (Wildman–Crippen LogP) is 2.59. The van der Waals surface area contributed by atoms with E-state index in [1.807, 2.05) is 0 Å². The zero-order chi connectivity index (χ0) is 17.4. The second kappa shape index (κ2) is 6.08. The lowest BCUT2D eigenvalue weighted by molar-refractivity contribution is -0.219. The van der Waals surface area contributed by atoms with E-state index >= 15 is 0 Å². The van der Waals surface area contributed by atoms with Crippen LogP contribution in [-0.2, 0) is 9.53 Å². The molecule has 3 unspecified atom stereocenters. The van der Waals surface area contributed by atoms with Gasteiger partial charge in [0, 0.05) is 24.4 Å². The molecule has 2 aliphatic rings. The molecule has 5 nitrogen and oxygen atoms in total. The lowest BCUT2D eigenvalue weighted by atomic mass is 9.99. The number of hydrogen-bond acceptors (Lipinski definition) is 5. The topological polar surface area (TPSA) is 64.6 Å². The minimum Gasteiger partial charge on any atom is -0.490 e. The van der Waals surface area contributed by atoms with E-state index in [0.717, 1.165) is 0 Å². The third kappa shape index (κ3) is 3.53. The molecule has 8 heteroatoms. The molecule has 1 aromatic rings. The maximum Gasteiger partial charge on any atom is 0.490 e. The molecule has 0 spiro atoms. The minimum absolute atomic E-state index is 0.0565. The summed E-state index contributed by atoms with van der Waals surface area (Å²) in [5.41, 5.74) is -0.827. The summed E-state index contributed by atoms with van der Waals surface area (Å²) < 4.78 is 48.0. The van der Waals surface area contributed by atoms with Crippen LogP contribution in [0.4, 0.5) is 13.2 Å². The Morgan fingerprint density at radius 1 is 1.29 bits per heavy atom. The lowest BCUT2D eigenvalue weighted by Gasteiger charge is -2.38. The number of hydrogen-bond donors (Lipinski definition) is 1. The van der Waals surface area contributed by atoms with Crippen LogP contribution in [0.5, 0.6) is 5.75 Å². The van der Waals surface area contributed by atoms with Crippen LogP contribution in [-0.4, -0.2) is 36.3 Å². The number of carbonyl (C=O) groups is 2. The van der Waals surface area contributed by atoms with E-state index in [1.165, 1.54) is 0 Å². The first kappa shape index (κ1) is 16.8. The molecule has 0 aromatic heterocycles. The molecule has 0 aliphatic carbocycles. The average molecular weight is 343 g/mol. The highest BCUT2D eigenvalue weighted by Gasteiger charge is 2.53. The van der Waals surface area contributed by atoms with E-state index in [0.29, 0.717) is 36.9 Å². The first-order valence-corrected chi connectivity index (χ1v) is 7.59. The molecule has 1 N–H and O–H groups in total. The summed E-state index contributed by atoms with van der Waals surface area (Å²) in [6, 6.07) is 6.39. The maximum atomic E-state index is 12.5. The van der Waals surface area contributed by atoms with E-state index in [-0.39, 0.29) is 18.6 Å². The summed E-state index contributed by atoms with van der Waals surface area (Å²) in [5.74, 6) is -1.67. The van der Waals surface area contributed by atoms with E-state index < -0.39 is 17.9 Å². The van der Waals surface area contributed by atoms with Crippen molar-refractivity contribution in [3.8, 4) is 5.75 Å². The number of ether oxygens (including phenoxy) is 2. The third-order valence-corrected chi connectivity index (χ3v) is 4.31. The summed E-state index contributed by atoms with van der Waals surface area (Å²) in [7, 11) is 0. The number of benzene rings is 1. The fourth-order valence-corrected chi connectivity index (χ4v) is 3.29. The highest BCUT2D eigenvalue weighted by atomic mass is 19.4. The fraction of sp³-hybridized carbons (Fsp3) is 0.500. The molecule has 2 bridgehead atoms. The number of fused-ring (bicyclic) bond motifs is 2. The summed E-state index contributed by atoms with van der Waals surface area (Å²) in [6.45, 7) is 0. The van der Waals surface area contributed by atoms with Crippen molar-refractivity contribution in [3.63, 3.8) is 0 Å². The Morgan fingerprint density at radius 2 is 2.00 bits per heavy atom. The number of esters is 1. The Bertz CT molecular complexity index is 631. The predicted molar refractivity (Wildman–Crippen MR) is 76.5 cm³/mol. The number of halogens is 3. The lowest BCUT2D eigenvalue weighted by Crippen LogP contribution is -2.56. The fourth-order valence-electron chi connectivity index (χ4n) is 3.29. The molecule has 2 fully saturated rings. The van der Waals surface area contributed by atoms with E-state index in [9.17, 15) is 22.8 Å². The van der Waals surface area contributed by atoms with Gasteiger partial charge in [-0.2, -0.15) is 13.2 Å². The van der Waals surface area contributed by atoms with Crippen molar-refractivity contribution in [1.29, 1.82) is 0 Å². The molecule has 3 rings (SSSR count). The van der Waals surface area contributed by atoms with Crippen molar-refractivity contribution in [2.75, 3.05) is 0 Å². The van der Waals surface area contributed by atoms with Gasteiger partial charge in [-0.1, -0.05) is 0 Å². The van der Waals surface area contributed by atoms with Crippen LogP contribution in [0.25, 0.3) is 0 Å². The molecule has 2 heterocycles. The van der Waals surface area contributed by atoms with Gasteiger partial charge in [-0.05, 0) is 37.1 Å². The van der Waals surface area contributed by atoms with E-state index in [2.05, 4.69) is 5.32 Å². The standard InChI is InChI=1S/C16H16F3NO4/c17-16(18,19)14(22)24-15-6-5-11(20-15)7-13(8-15)23-12-3-1-10(9-21)2-4-12/h1-4,9,11,13,20H,5-8H2.